The number of hydrogen-bond donors (Lipinski definition) is 1. The molecule has 0 aromatic carbocycles. The van der Waals surface area contributed by atoms with Gasteiger partial charge in [0.1, 0.15) is 6.07 Å². The molecule has 0 atom stereocenters. The van der Waals surface area contributed by atoms with E-state index in [9.17, 15) is 0 Å². The first kappa shape index (κ1) is 11.0. The van der Waals surface area contributed by atoms with Gasteiger partial charge in [0.25, 0.3) is 0 Å². The number of pyridine rings is 1. The molecule has 2 heterocycles. The molecule has 0 saturated heterocycles. The fourth-order valence-corrected chi connectivity index (χ4v) is 1.46. The zero-order valence-electron chi connectivity index (χ0n) is 9.60. The Morgan fingerprint density at radius 2 is 2.06 bits per heavy atom. The number of nitrogens with one attached hydrogen (secondary N) is 1. The predicted molar refractivity (Wildman–Crippen MR) is 63.7 cm³/mol. The Kier molecular flexibility index (Phi) is 2.97. The maximum atomic E-state index is 8.94. The second kappa shape index (κ2) is 4.58. The Morgan fingerprint density at radius 3 is 2.76 bits per heavy atom. The largest absolute Gasteiger partial charge is 0.336 e. The third-order valence-electron chi connectivity index (χ3n) is 2.32. The molecule has 0 unspecified atom stereocenters. The highest BCUT2D eigenvalue weighted by Crippen LogP contribution is 2.19. The number of aryl methyl sites for hydroxylation is 2. The average Bonchev–Trinajstić information content (AvgIpc) is 2.33. The van der Waals surface area contributed by atoms with E-state index in [0.717, 1.165) is 17.1 Å². The van der Waals surface area contributed by atoms with Gasteiger partial charge in [-0.3, -0.25) is 4.98 Å². The molecule has 0 bridgehead atoms. The van der Waals surface area contributed by atoms with Crippen LogP contribution in [0.2, 0.25) is 0 Å². The number of anilines is 2. The highest BCUT2D eigenvalue weighted by Gasteiger charge is 2.06. The zero-order chi connectivity index (χ0) is 12.3. The lowest BCUT2D eigenvalue weighted by molar-refractivity contribution is 1.03. The SMILES string of the molecule is Cc1ccc(Nc2nnccc2C#N)c(C)n1. The van der Waals surface area contributed by atoms with Crippen LogP contribution >= 0.6 is 0 Å². The molecule has 0 aliphatic heterocycles. The van der Waals surface area contributed by atoms with E-state index < -0.39 is 0 Å². The van der Waals surface area contributed by atoms with Gasteiger partial charge in [-0.15, -0.1) is 5.10 Å². The van der Waals surface area contributed by atoms with Gasteiger partial charge >= 0.3 is 0 Å². The minimum Gasteiger partial charge on any atom is -0.336 e. The van der Waals surface area contributed by atoms with E-state index in [2.05, 4.69) is 26.6 Å². The van der Waals surface area contributed by atoms with Crippen molar-refractivity contribution in [1.29, 1.82) is 5.26 Å². The van der Waals surface area contributed by atoms with Crippen molar-refractivity contribution >= 4 is 11.5 Å². The number of hydrogen-bond acceptors (Lipinski definition) is 5. The molecule has 5 nitrogen and oxygen atoms in total. The average molecular weight is 225 g/mol. The summed E-state index contributed by atoms with van der Waals surface area (Å²) in [7, 11) is 0. The van der Waals surface area contributed by atoms with Gasteiger partial charge in [0, 0.05) is 5.69 Å². The normalized spacial score (nSPS) is 9.71. The van der Waals surface area contributed by atoms with E-state index in [1.807, 2.05) is 26.0 Å². The molecule has 5 heteroatoms. The lowest BCUT2D eigenvalue weighted by Crippen LogP contribution is -2.01. The van der Waals surface area contributed by atoms with Crippen molar-refractivity contribution in [2.75, 3.05) is 5.32 Å². The molecule has 0 amide bonds. The number of nitrogens with zero attached hydrogens (tertiary/aromatic N) is 4. The monoisotopic (exact) mass is 225 g/mol. The van der Waals surface area contributed by atoms with Crippen molar-refractivity contribution in [3.05, 3.63) is 41.3 Å². The highest BCUT2D eigenvalue weighted by atomic mass is 15.2. The summed E-state index contributed by atoms with van der Waals surface area (Å²) in [4.78, 5) is 4.33. The minimum atomic E-state index is 0.448. The van der Waals surface area contributed by atoms with Crippen LogP contribution in [0.3, 0.4) is 0 Å². The minimum absolute atomic E-state index is 0.448. The van der Waals surface area contributed by atoms with Gasteiger partial charge < -0.3 is 5.32 Å². The summed E-state index contributed by atoms with van der Waals surface area (Å²) in [5, 5.41) is 19.6. The van der Waals surface area contributed by atoms with E-state index >= 15 is 0 Å². The Hall–Kier alpha value is -2.48. The van der Waals surface area contributed by atoms with E-state index in [4.69, 9.17) is 5.26 Å². The highest BCUT2D eigenvalue weighted by molar-refractivity contribution is 5.63. The summed E-state index contributed by atoms with van der Waals surface area (Å²) in [6.45, 7) is 3.83. The molecule has 0 aliphatic carbocycles. The molecular weight excluding hydrogens is 214 g/mol. The first-order valence-corrected chi connectivity index (χ1v) is 5.14. The summed E-state index contributed by atoms with van der Waals surface area (Å²) >= 11 is 0. The Balaban J connectivity index is 2.35. The molecule has 84 valence electrons. The van der Waals surface area contributed by atoms with Crippen molar-refractivity contribution in [2.24, 2.45) is 0 Å². The Bertz CT molecular complexity index is 586. The van der Waals surface area contributed by atoms with Crippen molar-refractivity contribution in [3.8, 4) is 6.07 Å². The van der Waals surface area contributed by atoms with Crippen LogP contribution in [0.5, 0.6) is 0 Å². The Labute approximate surface area is 99.2 Å². The summed E-state index contributed by atoms with van der Waals surface area (Å²) in [5.41, 5.74) is 3.10. The van der Waals surface area contributed by atoms with Gasteiger partial charge in [0.15, 0.2) is 5.82 Å². The third-order valence-corrected chi connectivity index (χ3v) is 2.32. The van der Waals surface area contributed by atoms with Crippen LogP contribution in [0.15, 0.2) is 24.4 Å². The van der Waals surface area contributed by atoms with Crippen molar-refractivity contribution in [3.63, 3.8) is 0 Å². The van der Waals surface area contributed by atoms with Gasteiger partial charge in [-0.2, -0.15) is 10.4 Å². The van der Waals surface area contributed by atoms with Gasteiger partial charge in [-0.25, -0.2) is 0 Å². The van der Waals surface area contributed by atoms with Gasteiger partial charge in [-0.1, -0.05) is 0 Å². The van der Waals surface area contributed by atoms with Gasteiger partial charge in [-0.05, 0) is 32.0 Å². The summed E-state index contributed by atoms with van der Waals surface area (Å²) in [6.07, 6.45) is 1.49. The second-order valence-electron chi connectivity index (χ2n) is 3.62. The van der Waals surface area contributed by atoms with Crippen LogP contribution in [0.1, 0.15) is 17.0 Å². The zero-order valence-corrected chi connectivity index (χ0v) is 9.60. The van der Waals surface area contributed by atoms with E-state index in [-0.39, 0.29) is 0 Å². The molecule has 0 spiro atoms. The maximum Gasteiger partial charge on any atom is 0.171 e. The third kappa shape index (κ3) is 2.37. The smallest absolute Gasteiger partial charge is 0.171 e. The van der Waals surface area contributed by atoms with Crippen LogP contribution in [0, 0.1) is 25.2 Å². The van der Waals surface area contributed by atoms with Gasteiger partial charge in [0.2, 0.25) is 0 Å². The predicted octanol–water partition coefficient (Wildman–Crippen LogP) is 2.10. The molecule has 2 aromatic heterocycles. The molecule has 0 radical (unpaired) electrons. The lowest BCUT2D eigenvalue weighted by Gasteiger charge is -2.08. The molecule has 0 fully saturated rings. The second-order valence-corrected chi connectivity index (χ2v) is 3.62. The van der Waals surface area contributed by atoms with Crippen molar-refractivity contribution < 1.29 is 0 Å². The first-order chi connectivity index (χ1) is 8.20. The Morgan fingerprint density at radius 1 is 1.24 bits per heavy atom. The molecule has 2 rings (SSSR count). The topological polar surface area (TPSA) is 74.5 Å². The fraction of sp³-hybridized carbons (Fsp3) is 0.167. The van der Waals surface area contributed by atoms with Crippen molar-refractivity contribution in [1.82, 2.24) is 15.2 Å². The summed E-state index contributed by atoms with van der Waals surface area (Å²) in [5.74, 6) is 0.448. The van der Waals surface area contributed by atoms with Crippen LogP contribution < -0.4 is 5.32 Å². The molecule has 1 N–H and O–H groups in total. The van der Waals surface area contributed by atoms with Crippen molar-refractivity contribution in [2.45, 2.75) is 13.8 Å². The number of rotatable bonds is 2. The van der Waals surface area contributed by atoms with Crippen LogP contribution in [0.25, 0.3) is 0 Å². The van der Waals surface area contributed by atoms with E-state index in [1.54, 1.807) is 6.07 Å². The molecule has 0 saturated carbocycles. The van der Waals surface area contributed by atoms with Crippen LogP contribution in [-0.4, -0.2) is 15.2 Å². The fourth-order valence-electron chi connectivity index (χ4n) is 1.46. The summed E-state index contributed by atoms with van der Waals surface area (Å²) in [6, 6.07) is 7.49. The number of aromatic nitrogens is 3. The first-order valence-electron chi connectivity index (χ1n) is 5.14. The van der Waals surface area contributed by atoms with E-state index in [0.29, 0.717) is 11.4 Å². The molecule has 2 aromatic rings. The summed E-state index contributed by atoms with van der Waals surface area (Å²) < 4.78 is 0. The van der Waals surface area contributed by atoms with Crippen LogP contribution in [-0.2, 0) is 0 Å². The molecule has 0 aliphatic rings. The standard InChI is InChI=1S/C12H11N5/c1-8-3-4-11(9(2)15-8)16-12-10(7-13)5-6-14-17-12/h3-6H,1-2H3,(H,16,17). The van der Waals surface area contributed by atoms with Gasteiger partial charge in [0.05, 0.1) is 23.1 Å². The quantitative estimate of drug-likeness (QED) is 0.847. The molecular formula is C12H11N5. The maximum absolute atomic E-state index is 8.94. The van der Waals surface area contributed by atoms with E-state index in [1.165, 1.54) is 6.20 Å². The van der Waals surface area contributed by atoms with Crippen LogP contribution in [0.4, 0.5) is 11.5 Å². The lowest BCUT2D eigenvalue weighted by atomic mass is 10.2. The number of nitriles is 1. The molecule has 17 heavy (non-hydrogen) atoms.